The van der Waals surface area contributed by atoms with E-state index in [0.29, 0.717) is 0 Å². The maximum atomic E-state index is 10.6. The van der Waals surface area contributed by atoms with Crippen molar-refractivity contribution in [3.8, 4) is 0 Å². The van der Waals surface area contributed by atoms with Crippen molar-refractivity contribution in [2.75, 3.05) is 0 Å². The lowest BCUT2D eigenvalue weighted by Gasteiger charge is -2.10. The van der Waals surface area contributed by atoms with Crippen LogP contribution in [0.5, 0.6) is 0 Å². The maximum absolute atomic E-state index is 10.6. The summed E-state index contributed by atoms with van der Waals surface area (Å²) in [5.74, 6) is -0.163. The Morgan fingerprint density at radius 1 is 1.14 bits per heavy atom. The van der Waals surface area contributed by atoms with Crippen molar-refractivity contribution in [2.45, 2.75) is 71.8 Å². The highest BCUT2D eigenvalue weighted by Gasteiger charge is 2.03. The van der Waals surface area contributed by atoms with E-state index in [9.17, 15) is 4.79 Å². The molecule has 0 aliphatic rings. The number of hydrogen-bond acceptors (Lipinski definition) is 2. The van der Waals surface area contributed by atoms with Gasteiger partial charge in [-0.25, -0.2) is 0 Å². The lowest BCUT2D eigenvalue weighted by molar-refractivity contribution is -0.145. The van der Waals surface area contributed by atoms with E-state index in [1.165, 1.54) is 45.4 Å². The molecule has 0 aliphatic heterocycles. The highest BCUT2D eigenvalue weighted by Crippen LogP contribution is 2.10. The second-order valence-corrected chi connectivity index (χ2v) is 3.98. The van der Waals surface area contributed by atoms with Gasteiger partial charge >= 0.3 is 5.97 Å². The average Bonchev–Trinajstić information content (AvgIpc) is 2.10. The summed E-state index contributed by atoms with van der Waals surface area (Å²) < 4.78 is 5.04. The standard InChI is InChI=1S/C12H24O2/c1-4-5-6-7-8-9-10-11(2)14-12(3)13/h11H,4-10H2,1-3H3/t11-/m1/s1. The Labute approximate surface area is 88.0 Å². The Morgan fingerprint density at radius 3 is 2.29 bits per heavy atom. The van der Waals surface area contributed by atoms with E-state index in [4.69, 9.17) is 4.74 Å². The van der Waals surface area contributed by atoms with Gasteiger partial charge in [-0.2, -0.15) is 0 Å². The zero-order valence-electron chi connectivity index (χ0n) is 9.84. The number of unbranched alkanes of at least 4 members (excludes halogenated alkanes) is 5. The fourth-order valence-corrected chi connectivity index (χ4v) is 1.55. The number of carbonyl (C=O) groups excluding carboxylic acids is 1. The summed E-state index contributed by atoms with van der Waals surface area (Å²) in [5.41, 5.74) is 0. The molecule has 0 aromatic rings. The van der Waals surface area contributed by atoms with Gasteiger partial charge in [-0.15, -0.1) is 0 Å². The number of carbonyl (C=O) groups is 1. The first-order valence-corrected chi connectivity index (χ1v) is 5.84. The van der Waals surface area contributed by atoms with Crippen LogP contribution in [-0.2, 0) is 9.53 Å². The summed E-state index contributed by atoms with van der Waals surface area (Å²) >= 11 is 0. The first kappa shape index (κ1) is 13.5. The second kappa shape index (κ2) is 9.04. The molecule has 0 radical (unpaired) electrons. The molecule has 1 atom stereocenters. The molecule has 0 saturated carbocycles. The largest absolute Gasteiger partial charge is 0.463 e. The molecule has 0 N–H and O–H groups in total. The van der Waals surface area contributed by atoms with Crippen LogP contribution in [-0.4, -0.2) is 12.1 Å². The molecule has 0 aromatic heterocycles. The van der Waals surface area contributed by atoms with Gasteiger partial charge in [0.1, 0.15) is 0 Å². The normalized spacial score (nSPS) is 12.5. The van der Waals surface area contributed by atoms with Crippen LogP contribution < -0.4 is 0 Å². The van der Waals surface area contributed by atoms with E-state index >= 15 is 0 Å². The molecule has 84 valence electrons. The minimum Gasteiger partial charge on any atom is -0.463 e. The molecule has 14 heavy (non-hydrogen) atoms. The second-order valence-electron chi connectivity index (χ2n) is 3.98. The highest BCUT2D eigenvalue weighted by molar-refractivity contribution is 5.66. The van der Waals surface area contributed by atoms with Crippen molar-refractivity contribution in [3.05, 3.63) is 0 Å². The van der Waals surface area contributed by atoms with E-state index in [0.717, 1.165) is 6.42 Å². The molecule has 0 unspecified atom stereocenters. The molecule has 0 rings (SSSR count). The van der Waals surface area contributed by atoms with E-state index in [1.54, 1.807) is 0 Å². The molecular weight excluding hydrogens is 176 g/mol. The van der Waals surface area contributed by atoms with E-state index < -0.39 is 0 Å². The van der Waals surface area contributed by atoms with Crippen LogP contribution in [0, 0.1) is 0 Å². The lowest BCUT2D eigenvalue weighted by Crippen LogP contribution is -2.11. The molecule has 0 saturated heterocycles. The van der Waals surface area contributed by atoms with Gasteiger partial charge in [0, 0.05) is 6.92 Å². The predicted octanol–water partition coefficient (Wildman–Crippen LogP) is 3.69. The molecular formula is C12H24O2. The van der Waals surface area contributed by atoms with Crippen molar-refractivity contribution in [1.82, 2.24) is 0 Å². The molecule has 0 aliphatic carbocycles. The Balaban J connectivity index is 3.14. The van der Waals surface area contributed by atoms with E-state index in [2.05, 4.69) is 6.92 Å². The summed E-state index contributed by atoms with van der Waals surface area (Å²) in [5, 5.41) is 0. The van der Waals surface area contributed by atoms with E-state index in [1.807, 2.05) is 6.92 Å². The Bertz CT molecular complexity index is 143. The fraction of sp³-hybridized carbons (Fsp3) is 0.917. The first-order chi connectivity index (χ1) is 6.66. The molecule has 0 heterocycles. The summed E-state index contributed by atoms with van der Waals surface area (Å²) in [7, 11) is 0. The summed E-state index contributed by atoms with van der Waals surface area (Å²) in [6.45, 7) is 5.66. The molecule has 0 fully saturated rings. The van der Waals surface area contributed by atoms with Crippen LogP contribution in [0.3, 0.4) is 0 Å². The van der Waals surface area contributed by atoms with Crippen molar-refractivity contribution in [1.29, 1.82) is 0 Å². The van der Waals surface area contributed by atoms with Crippen LogP contribution in [0.2, 0.25) is 0 Å². The van der Waals surface area contributed by atoms with Crippen LogP contribution in [0.25, 0.3) is 0 Å². The Morgan fingerprint density at radius 2 is 1.71 bits per heavy atom. The number of esters is 1. The maximum Gasteiger partial charge on any atom is 0.302 e. The SMILES string of the molecule is CCCCCCCC[C@@H](C)OC(C)=O. The van der Waals surface area contributed by atoms with E-state index in [-0.39, 0.29) is 12.1 Å². The minimum absolute atomic E-state index is 0.0960. The molecule has 0 aromatic carbocycles. The smallest absolute Gasteiger partial charge is 0.302 e. The number of hydrogen-bond donors (Lipinski definition) is 0. The quantitative estimate of drug-likeness (QED) is 0.441. The van der Waals surface area contributed by atoms with Crippen LogP contribution in [0.1, 0.15) is 65.7 Å². The lowest BCUT2D eigenvalue weighted by atomic mass is 10.1. The van der Waals surface area contributed by atoms with Gasteiger partial charge < -0.3 is 4.74 Å². The third-order valence-corrected chi connectivity index (χ3v) is 2.33. The van der Waals surface area contributed by atoms with Crippen LogP contribution in [0.15, 0.2) is 0 Å². The van der Waals surface area contributed by atoms with Gasteiger partial charge in [0.2, 0.25) is 0 Å². The third kappa shape index (κ3) is 9.56. The van der Waals surface area contributed by atoms with Crippen molar-refractivity contribution < 1.29 is 9.53 Å². The highest BCUT2D eigenvalue weighted by atomic mass is 16.5. The summed E-state index contributed by atoms with van der Waals surface area (Å²) in [6.07, 6.45) is 8.86. The average molecular weight is 200 g/mol. The summed E-state index contributed by atoms with van der Waals surface area (Å²) in [4.78, 5) is 10.6. The predicted molar refractivity (Wildman–Crippen MR) is 59.2 cm³/mol. The monoisotopic (exact) mass is 200 g/mol. The zero-order valence-corrected chi connectivity index (χ0v) is 9.84. The van der Waals surface area contributed by atoms with Gasteiger partial charge in [0.25, 0.3) is 0 Å². The van der Waals surface area contributed by atoms with Crippen molar-refractivity contribution in [2.24, 2.45) is 0 Å². The van der Waals surface area contributed by atoms with Gasteiger partial charge in [-0.3, -0.25) is 4.79 Å². The molecule has 0 amide bonds. The van der Waals surface area contributed by atoms with Crippen LogP contribution >= 0.6 is 0 Å². The molecule has 0 bridgehead atoms. The van der Waals surface area contributed by atoms with Crippen LogP contribution in [0.4, 0.5) is 0 Å². The number of rotatable bonds is 8. The molecule has 0 spiro atoms. The minimum atomic E-state index is -0.163. The van der Waals surface area contributed by atoms with Gasteiger partial charge in [0.05, 0.1) is 6.10 Å². The topological polar surface area (TPSA) is 26.3 Å². The molecule has 2 heteroatoms. The van der Waals surface area contributed by atoms with Crippen molar-refractivity contribution >= 4 is 5.97 Å². The third-order valence-electron chi connectivity index (χ3n) is 2.33. The Hall–Kier alpha value is -0.530. The van der Waals surface area contributed by atoms with Gasteiger partial charge in [-0.05, 0) is 19.8 Å². The molecule has 2 nitrogen and oxygen atoms in total. The Kier molecular flexibility index (Phi) is 8.70. The zero-order chi connectivity index (χ0) is 10.8. The summed E-state index contributed by atoms with van der Waals surface area (Å²) in [6, 6.07) is 0. The van der Waals surface area contributed by atoms with Gasteiger partial charge in [0.15, 0.2) is 0 Å². The van der Waals surface area contributed by atoms with Crippen molar-refractivity contribution in [3.63, 3.8) is 0 Å². The fourth-order valence-electron chi connectivity index (χ4n) is 1.55. The first-order valence-electron chi connectivity index (χ1n) is 5.84. The van der Waals surface area contributed by atoms with Gasteiger partial charge in [-0.1, -0.05) is 39.0 Å². The number of ether oxygens (including phenoxy) is 1.